The minimum atomic E-state index is -0.312. The first-order valence-corrected chi connectivity index (χ1v) is 9.48. The number of aromatic nitrogens is 3. The van der Waals surface area contributed by atoms with Gasteiger partial charge in [-0.1, -0.05) is 30.2 Å². The molecule has 2 aromatic carbocycles. The number of hydrogen-bond acceptors (Lipinski definition) is 5. The Hall–Kier alpha value is -3.35. The van der Waals surface area contributed by atoms with Crippen molar-refractivity contribution in [2.24, 2.45) is 11.8 Å². The van der Waals surface area contributed by atoms with E-state index in [1.165, 1.54) is 9.58 Å². The molecule has 1 saturated carbocycles. The Balaban J connectivity index is 1.44. The van der Waals surface area contributed by atoms with Crippen LogP contribution in [0.15, 0.2) is 48.5 Å². The third-order valence-electron chi connectivity index (χ3n) is 5.76. The lowest BCUT2D eigenvalue weighted by atomic mass is 9.81. The first-order chi connectivity index (χ1) is 13.6. The van der Waals surface area contributed by atoms with E-state index in [0.717, 1.165) is 25.7 Å². The second-order valence-corrected chi connectivity index (χ2v) is 7.35. The van der Waals surface area contributed by atoms with Gasteiger partial charge in [-0.25, -0.2) is 0 Å². The molecule has 5 rings (SSSR count). The summed E-state index contributed by atoms with van der Waals surface area (Å²) < 4.78 is 1.26. The molecule has 2 amide bonds. The molecule has 0 N–H and O–H groups in total. The van der Waals surface area contributed by atoms with Crippen LogP contribution in [0, 0.1) is 11.8 Å². The van der Waals surface area contributed by atoms with Crippen molar-refractivity contribution in [1.29, 1.82) is 0 Å². The van der Waals surface area contributed by atoms with Crippen LogP contribution in [-0.4, -0.2) is 32.7 Å². The number of benzene rings is 2. The molecule has 1 aromatic heterocycles. The van der Waals surface area contributed by atoms with Gasteiger partial charge in [0.1, 0.15) is 5.52 Å². The van der Waals surface area contributed by atoms with E-state index in [0.29, 0.717) is 22.3 Å². The average molecular weight is 374 g/mol. The minimum absolute atomic E-state index is 0.115. The number of para-hydroxylation sites is 1. The van der Waals surface area contributed by atoms with E-state index in [-0.39, 0.29) is 29.6 Å². The van der Waals surface area contributed by atoms with Crippen molar-refractivity contribution in [2.75, 3.05) is 4.90 Å². The van der Waals surface area contributed by atoms with Crippen molar-refractivity contribution < 1.29 is 14.4 Å². The molecule has 7 heteroatoms. The number of carbonyl (C=O) groups excluding carboxylic acids is 3. The van der Waals surface area contributed by atoms with Gasteiger partial charge >= 0.3 is 0 Å². The van der Waals surface area contributed by atoms with Gasteiger partial charge < -0.3 is 0 Å². The van der Waals surface area contributed by atoms with E-state index in [9.17, 15) is 14.4 Å². The van der Waals surface area contributed by atoms with E-state index in [1.54, 1.807) is 36.4 Å². The summed E-state index contributed by atoms with van der Waals surface area (Å²) in [6, 6.07) is 13.8. The summed E-state index contributed by atoms with van der Waals surface area (Å²) in [5.74, 6) is -0.923. The fourth-order valence-electron chi connectivity index (χ4n) is 4.31. The molecule has 140 valence electrons. The van der Waals surface area contributed by atoms with Crippen LogP contribution in [0.3, 0.4) is 0 Å². The SMILES string of the molecule is O=C1C2CCCCC2C(=O)N1c1ccc(C(=O)n2nnc3ccccc32)cc1. The van der Waals surface area contributed by atoms with Crippen LogP contribution in [-0.2, 0) is 9.59 Å². The Morgan fingerprint density at radius 3 is 2.21 bits per heavy atom. The Morgan fingerprint density at radius 1 is 0.893 bits per heavy atom. The maximum Gasteiger partial charge on any atom is 0.280 e. The molecule has 2 heterocycles. The number of rotatable bonds is 2. The van der Waals surface area contributed by atoms with Crippen molar-refractivity contribution in [2.45, 2.75) is 25.7 Å². The van der Waals surface area contributed by atoms with Crippen LogP contribution < -0.4 is 4.90 Å². The summed E-state index contributed by atoms with van der Waals surface area (Å²) in [7, 11) is 0. The highest BCUT2D eigenvalue weighted by Gasteiger charge is 2.48. The van der Waals surface area contributed by atoms with Gasteiger partial charge in [0, 0.05) is 5.56 Å². The summed E-state index contributed by atoms with van der Waals surface area (Å²) in [4.78, 5) is 39.5. The van der Waals surface area contributed by atoms with Crippen LogP contribution in [0.4, 0.5) is 5.69 Å². The van der Waals surface area contributed by atoms with Crippen LogP contribution in [0.2, 0.25) is 0 Å². The first kappa shape index (κ1) is 16.8. The first-order valence-electron chi connectivity index (χ1n) is 9.48. The lowest BCUT2D eigenvalue weighted by Gasteiger charge is -2.19. The van der Waals surface area contributed by atoms with Crippen molar-refractivity contribution in [3.05, 3.63) is 54.1 Å². The topological polar surface area (TPSA) is 85.2 Å². The van der Waals surface area contributed by atoms with Gasteiger partial charge in [-0.15, -0.1) is 5.10 Å². The molecule has 28 heavy (non-hydrogen) atoms. The summed E-state index contributed by atoms with van der Waals surface area (Å²) >= 11 is 0. The lowest BCUT2D eigenvalue weighted by molar-refractivity contribution is -0.122. The number of imide groups is 1. The third kappa shape index (κ3) is 2.46. The number of nitrogens with zero attached hydrogens (tertiary/aromatic N) is 4. The molecule has 2 atom stereocenters. The summed E-state index contributed by atoms with van der Waals surface area (Å²) in [5.41, 5.74) is 2.20. The van der Waals surface area contributed by atoms with Gasteiger partial charge in [-0.05, 0) is 49.2 Å². The fourth-order valence-corrected chi connectivity index (χ4v) is 4.31. The van der Waals surface area contributed by atoms with E-state index < -0.39 is 0 Å². The maximum absolute atomic E-state index is 12.8. The maximum atomic E-state index is 12.8. The summed E-state index contributed by atoms with van der Waals surface area (Å²) in [6.07, 6.45) is 3.55. The molecule has 0 bridgehead atoms. The zero-order valence-electron chi connectivity index (χ0n) is 15.1. The Bertz CT molecular complexity index is 1080. The molecule has 3 aromatic rings. The highest BCUT2D eigenvalue weighted by Crippen LogP contribution is 2.40. The number of carbonyl (C=O) groups is 3. The second kappa shape index (κ2) is 6.37. The zero-order valence-corrected chi connectivity index (χ0v) is 15.1. The quantitative estimate of drug-likeness (QED) is 0.644. The van der Waals surface area contributed by atoms with E-state index in [2.05, 4.69) is 10.3 Å². The molecular weight excluding hydrogens is 356 g/mol. The monoisotopic (exact) mass is 374 g/mol. The van der Waals surface area contributed by atoms with Crippen molar-refractivity contribution in [1.82, 2.24) is 15.0 Å². The molecular formula is C21H18N4O3. The Morgan fingerprint density at radius 2 is 1.54 bits per heavy atom. The second-order valence-electron chi connectivity index (χ2n) is 7.35. The van der Waals surface area contributed by atoms with Gasteiger partial charge in [0.15, 0.2) is 0 Å². The molecule has 2 aliphatic rings. The smallest absolute Gasteiger partial charge is 0.274 e. The standard InChI is InChI=1S/C21H18N4O3/c26-19(25-18-8-4-3-7-17(18)22-23-25)13-9-11-14(12-10-13)24-20(27)15-5-1-2-6-16(15)21(24)28/h3-4,7-12,15-16H,1-2,5-6H2. The number of hydrogen-bond donors (Lipinski definition) is 0. The van der Waals surface area contributed by atoms with Crippen LogP contribution in [0.5, 0.6) is 0 Å². The van der Waals surface area contributed by atoms with Gasteiger partial charge in [-0.2, -0.15) is 4.68 Å². The summed E-state index contributed by atoms with van der Waals surface area (Å²) in [5, 5.41) is 7.94. The van der Waals surface area contributed by atoms with Crippen molar-refractivity contribution in [3.63, 3.8) is 0 Å². The van der Waals surface area contributed by atoms with Gasteiger partial charge in [0.25, 0.3) is 5.91 Å². The van der Waals surface area contributed by atoms with E-state index in [1.807, 2.05) is 12.1 Å². The molecule has 1 aliphatic heterocycles. The van der Waals surface area contributed by atoms with E-state index >= 15 is 0 Å². The molecule has 1 saturated heterocycles. The number of anilines is 1. The minimum Gasteiger partial charge on any atom is -0.274 e. The highest BCUT2D eigenvalue weighted by molar-refractivity contribution is 6.22. The average Bonchev–Trinajstić information content (AvgIpc) is 3.28. The normalized spacial score (nSPS) is 21.9. The zero-order chi connectivity index (χ0) is 19.3. The predicted molar refractivity (Wildman–Crippen MR) is 102 cm³/mol. The predicted octanol–water partition coefficient (Wildman–Crippen LogP) is 2.80. The van der Waals surface area contributed by atoms with Crippen molar-refractivity contribution in [3.8, 4) is 0 Å². The number of fused-ring (bicyclic) bond motifs is 2. The molecule has 0 radical (unpaired) electrons. The molecule has 2 unspecified atom stereocenters. The third-order valence-corrected chi connectivity index (χ3v) is 5.76. The van der Waals surface area contributed by atoms with Crippen LogP contribution in [0.1, 0.15) is 36.0 Å². The molecule has 2 fully saturated rings. The van der Waals surface area contributed by atoms with Gasteiger partial charge in [0.2, 0.25) is 11.8 Å². The number of amides is 2. The lowest BCUT2D eigenvalue weighted by Crippen LogP contribution is -2.30. The van der Waals surface area contributed by atoms with Gasteiger partial charge in [0.05, 0.1) is 23.0 Å². The Labute approximate surface area is 160 Å². The summed E-state index contributed by atoms with van der Waals surface area (Å²) in [6.45, 7) is 0. The van der Waals surface area contributed by atoms with E-state index in [4.69, 9.17) is 0 Å². The Kier molecular flexibility index (Phi) is 3.82. The molecule has 0 spiro atoms. The fraction of sp³-hybridized carbons (Fsp3) is 0.286. The molecule has 7 nitrogen and oxygen atoms in total. The molecule has 1 aliphatic carbocycles. The van der Waals surface area contributed by atoms with Crippen LogP contribution in [0.25, 0.3) is 11.0 Å². The van der Waals surface area contributed by atoms with Gasteiger partial charge in [-0.3, -0.25) is 19.3 Å². The van der Waals surface area contributed by atoms with Crippen molar-refractivity contribution >= 4 is 34.4 Å². The highest BCUT2D eigenvalue weighted by atomic mass is 16.2. The van der Waals surface area contributed by atoms with Crippen LogP contribution >= 0.6 is 0 Å². The largest absolute Gasteiger partial charge is 0.280 e.